The van der Waals surface area contributed by atoms with Gasteiger partial charge < -0.3 is 59.1 Å². The first-order valence-corrected chi connectivity index (χ1v) is 11.4. The summed E-state index contributed by atoms with van der Waals surface area (Å²) in [7, 11) is 1.35. The van der Waals surface area contributed by atoms with Gasteiger partial charge in [0.05, 0.1) is 38.1 Å². The molecule has 3 aliphatic heterocycles. The van der Waals surface area contributed by atoms with E-state index in [1.165, 1.54) is 31.6 Å². The van der Waals surface area contributed by atoms with E-state index < -0.39 is 85.8 Å². The van der Waals surface area contributed by atoms with Gasteiger partial charge in [-0.15, -0.1) is 0 Å². The number of methoxy groups -OCH3 is 1. The van der Waals surface area contributed by atoms with Crippen molar-refractivity contribution in [1.82, 2.24) is 0 Å². The summed E-state index contributed by atoms with van der Waals surface area (Å²) in [6.45, 7) is -1.07. The Morgan fingerprint density at radius 2 is 1.89 bits per heavy atom. The zero-order chi connectivity index (χ0) is 25.8. The zero-order valence-electron chi connectivity index (χ0n) is 19.1. The summed E-state index contributed by atoms with van der Waals surface area (Å²) in [5.41, 5.74) is -1.03. The van der Waals surface area contributed by atoms with Gasteiger partial charge in [0.15, 0.2) is 17.8 Å². The summed E-state index contributed by atoms with van der Waals surface area (Å²) in [4.78, 5) is 12.9. The number of ether oxygens (including phenoxy) is 6. The maximum Gasteiger partial charge on any atom is 0.338 e. The molecular formula is C23H28O13. The van der Waals surface area contributed by atoms with Crippen LogP contribution in [0, 0.1) is 11.8 Å². The number of fused-ring (bicyclic) bond motifs is 3. The topological polar surface area (TPSA) is 197 Å². The van der Waals surface area contributed by atoms with Crippen LogP contribution in [0.4, 0.5) is 0 Å². The fourth-order valence-electron chi connectivity index (χ4n) is 5.28. The molecule has 11 atom stereocenters. The van der Waals surface area contributed by atoms with E-state index in [1.807, 2.05) is 0 Å². The second kappa shape index (κ2) is 9.43. The van der Waals surface area contributed by atoms with Gasteiger partial charge in [0, 0.05) is 5.92 Å². The number of aliphatic hydroxyl groups excluding tert-OH is 5. The van der Waals surface area contributed by atoms with Gasteiger partial charge in [-0.2, -0.15) is 0 Å². The molecule has 0 amide bonds. The summed E-state index contributed by atoms with van der Waals surface area (Å²) < 4.78 is 33.4. The van der Waals surface area contributed by atoms with Gasteiger partial charge in [-0.1, -0.05) is 0 Å². The van der Waals surface area contributed by atoms with E-state index in [4.69, 9.17) is 28.4 Å². The average molecular weight is 512 g/mol. The highest BCUT2D eigenvalue weighted by Gasteiger charge is 2.77. The van der Waals surface area contributed by atoms with Crippen LogP contribution in [0.25, 0.3) is 0 Å². The number of benzene rings is 1. The minimum absolute atomic E-state index is 0.0973. The normalized spacial score (nSPS) is 42.7. The molecule has 1 saturated carbocycles. The van der Waals surface area contributed by atoms with Crippen LogP contribution in [0.5, 0.6) is 11.5 Å². The smallest absolute Gasteiger partial charge is 0.338 e. The van der Waals surface area contributed by atoms with Crippen molar-refractivity contribution in [3.05, 3.63) is 36.1 Å². The highest BCUT2D eigenvalue weighted by atomic mass is 16.8. The van der Waals surface area contributed by atoms with Gasteiger partial charge in [-0.25, -0.2) is 4.79 Å². The van der Waals surface area contributed by atoms with Crippen molar-refractivity contribution in [2.75, 3.05) is 20.3 Å². The van der Waals surface area contributed by atoms with Crippen molar-refractivity contribution >= 4 is 5.97 Å². The fourth-order valence-corrected chi connectivity index (χ4v) is 5.28. The van der Waals surface area contributed by atoms with Crippen LogP contribution in [0.1, 0.15) is 10.4 Å². The van der Waals surface area contributed by atoms with E-state index in [0.29, 0.717) is 0 Å². The van der Waals surface area contributed by atoms with Crippen LogP contribution in [-0.4, -0.2) is 112 Å². The molecule has 198 valence electrons. The minimum atomic E-state index is -1.66. The molecule has 0 bridgehead atoms. The van der Waals surface area contributed by atoms with E-state index in [-0.39, 0.29) is 17.1 Å². The highest BCUT2D eigenvalue weighted by Crippen LogP contribution is 2.60. The number of carbonyl (C=O) groups excluding carboxylic acids is 1. The Hall–Kier alpha value is -2.49. The quantitative estimate of drug-likeness (QED) is 0.173. The number of aliphatic hydroxyl groups is 5. The van der Waals surface area contributed by atoms with E-state index >= 15 is 0 Å². The first-order valence-electron chi connectivity index (χ1n) is 11.4. The molecule has 1 aromatic rings. The maximum atomic E-state index is 12.9. The molecule has 13 nitrogen and oxygen atoms in total. The van der Waals surface area contributed by atoms with Gasteiger partial charge in [-0.3, -0.25) is 0 Å². The molecule has 3 fully saturated rings. The largest absolute Gasteiger partial charge is 0.504 e. The molecule has 1 aromatic carbocycles. The Bertz CT molecular complexity index is 1010. The van der Waals surface area contributed by atoms with Crippen LogP contribution >= 0.6 is 0 Å². The van der Waals surface area contributed by atoms with Crippen LogP contribution in [0.3, 0.4) is 0 Å². The third kappa shape index (κ3) is 3.92. The minimum Gasteiger partial charge on any atom is -0.504 e. The predicted octanol–water partition coefficient (Wildman–Crippen LogP) is -2.01. The Kier molecular flexibility index (Phi) is 6.59. The van der Waals surface area contributed by atoms with Crippen molar-refractivity contribution in [2.24, 2.45) is 11.8 Å². The summed E-state index contributed by atoms with van der Waals surface area (Å²) in [6, 6.07) is 4.02. The van der Waals surface area contributed by atoms with Gasteiger partial charge in [0.25, 0.3) is 0 Å². The van der Waals surface area contributed by atoms with Gasteiger partial charge in [-0.05, 0) is 24.3 Å². The number of rotatable bonds is 7. The molecule has 0 spiro atoms. The lowest BCUT2D eigenvalue weighted by atomic mass is 9.85. The second-order valence-electron chi connectivity index (χ2n) is 9.18. The van der Waals surface area contributed by atoms with Crippen molar-refractivity contribution < 1.29 is 63.9 Å². The predicted molar refractivity (Wildman–Crippen MR) is 114 cm³/mol. The second-order valence-corrected chi connectivity index (χ2v) is 9.18. The number of aromatic hydroxyl groups is 1. The van der Waals surface area contributed by atoms with Crippen LogP contribution < -0.4 is 4.74 Å². The van der Waals surface area contributed by atoms with Crippen LogP contribution in [0.2, 0.25) is 0 Å². The summed E-state index contributed by atoms with van der Waals surface area (Å²) >= 11 is 0. The number of phenols is 1. The molecule has 36 heavy (non-hydrogen) atoms. The lowest BCUT2D eigenvalue weighted by Crippen LogP contribution is -2.60. The standard InChI is InChI=1S/C23H28O13/c1-31-12-6-9(2-3-11(12)26)20(30)34-18-10-4-5-32-21(14(10)23(8-25)19(18)36-23)35-22-17(29)16(28)15(27)13(7-24)33-22/h2-6,10,13-19,21-22,24-29H,7-8H2,1H3/t10-,13-,14+,15-,16+,17-,18-,19-,21+,22+,23-/m1/s1. The van der Waals surface area contributed by atoms with E-state index in [9.17, 15) is 35.4 Å². The SMILES string of the molecule is COc1cc(C(=O)O[C@@H]2[C@@H]3C=CO[C@@H](O[C@@H]4O[C@H](CO)[C@@H](O)[C@H](O)[C@H]4O)[C@H]3[C@@]3(CO)O[C@H]23)ccc1O. The number of epoxide rings is 1. The molecule has 13 heteroatoms. The van der Waals surface area contributed by atoms with Crippen LogP contribution in [0.15, 0.2) is 30.5 Å². The molecule has 0 aromatic heterocycles. The maximum absolute atomic E-state index is 12.9. The lowest BCUT2D eigenvalue weighted by Gasteiger charge is -2.43. The number of carbonyl (C=O) groups is 1. The van der Waals surface area contributed by atoms with Crippen molar-refractivity contribution in [3.8, 4) is 11.5 Å². The molecule has 4 aliphatic rings. The molecular weight excluding hydrogens is 484 g/mol. The third-order valence-electron chi connectivity index (χ3n) is 7.26. The first kappa shape index (κ1) is 25.2. The molecule has 3 heterocycles. The molecule has 1 aliphatic carbocycles. The third-order valence-corrected chi connectivity index (χ3v) is 7.26. The summed E-state index contributed by atoms with van der Waals surface area (Å²) in [5.74, 6) is -1.95. The molecule has 2 saturated heterocycles. The number of esters is 1. The first-order chi connectivity index (χ1) is 17.2. The Morgan fingerprint density at radius 1 is 1.11 bits per heavy atom. The Balaban J connectivity index is 1.35. The summed E-state index contributed by atoms with van der Waals surface area (Å²) in [6.07, 6.45) is -7.19. The van der Waals surface area contributed by atoms with Gasteiger partial charge in [0.1, 0.15) is 42.2 Å². The van der Waals surface area contributed by atoms with Crippen molar-refractivity contribution in [1.29, 1.82) is 0 Å². The lowest BCUT2D eigenvalue weighted by molar-refractivity contribution is -0.344. The van der Waals surface area contributed by atoms with Crippen molar-refractivity contribution in [2.45, 2.75) is 54.8 Å². The summed E-state index contributed by atoms with van der Waals surface area (Å²) in [5, 5.41) is 59.8. The highest BCUT2D eigenvalue weighted by molar-refractivity contribution is 5.90. The monoisotopic (exact) mass is 512 g/mol. The van der Waals surface area contributed by atoms with E-state index in [1.54, 1.807) is 6.08 Å². The Labute approximate surface area is 205 Å². The van der Waals surface area contributed by atoms with E-state index in [0.717, 1.165) is 0 Å². The van der Waals surface area contributed by atoms with Gasteiger partial charge in [0.2, 0.25) is 6.29 Å². The molecule has 0 radical (unpaired) electrons. The molecule has 0 unspecified atom stereocenters. The number of hydrogen-bond acceptors (Lipinski definition) is 13. The van der Waals surface area contributed by atoms with Crippen LogP contribution in [-0.2, 0) is 23.7 Å². The average Bonchev–Trinajstić information content (AvgIpc) is 3.56. The number of hydrogen-bond donors (Lipinski definition) is 6. The fraction of sp³-hybridized carbons (Fsp3) is 0.609. The van der Waals surface area contributed by atoms with Gasteiger partial charge >= 0.3 is 5.97 Å². The number of phenolic OH excluding ortho intramolecular Hbond substituents is 1. The molecule has 6 N–H and O–H groups in total. The molecule has 5 rings (SSSR count). The Morgan fingerprint density at radius 3 is 2.58 bits per heavy atom. The van der Waals surface area contributed by atoms with Crippen molar-refractivity contribution in [3.63, 3.8) is 0 Å². The zero-order valence-corrected chi connectivity index (χ0v) is 19.1. The van der Waals surface area contributed by atoms with E-state index in [2.05, 4.69) is 0 Å².